The van der Waals surface area contributed by atoms with E-state index in [1.165, 1.54) is 10.5 Å². The van der Waals surface area contributed by atoms with Crippen molar-refractivity contribution in [2.45, 2.75) is 13.8 Å². The van der Waals surface area contributed by atoms with Gasteiger partial charge >= 0.3 is 6.03 Å². The third kappa shape index (κ3) is 3.89. The highest BCUT2D eigenvalue weighted by molar-refractivity contribution is 5.89. The maximum atomic E-state index is 11.9. The van der Waals surface area contributed by atoms with E-state index in [2.05, 4.69) is 11.9 Å². The number of hydrogen-bond donors (Lipinski definition) is 2. The first-order valence-electron chi connectivity index (χ1n) is 5.93. The number of nitrogens with zero attached hydrogens (tertiary/aromatic N) is 1. The molecule has 1 aromatic carbocycles. The van der Waals surface area contributed by atoms with E-state index in [1.807, 2.05) is 32.0 Å². The van der Waals surface area contributed by atoms with Crippen LogP contribution in [-0.2, 0) is 0 Å². The third-order valence-corrected chi connectivity index (χ3v) is 2.76. The summed E-state index contributed by atoms with van der Waals surface area (Å²) < 4.78 is 0. The summed E-state index contributed by atoms with van der Waals surface area (Å²) in [7, 11) is 0. The van der Waals surface area contributed by atoms with E-state index in [9.17, 15) is 4.79 Å². The van der Waals surface area contributed by atoms with Gasteiger partial charge in [0, 0.05) is 18.8 Å². The summed E-state index contributed by atoms with van der Waals surface area (Å²) in [6, 6.07) is 5.53. The van der Waals surface area contributed by atoms with Crippen LogP contribution in [-0.4, -0.2) is 35.7 Å². The lowest BCUT2D eigenvalue weighted by Crippen LogP contribution is -2.37. The second-order valence-electron chi connectivity index (χ2n) is 4.19. The van der Waals surface area contributed by atoms with Crippen molar-refractivity contribution in [3.8, 4) is 0 Å². The van der Waals surface area contributed by atoms with Gasteiger partial charge in [-0.1, -0.05) is 12.1 Å². The van der Waals surface area contributed by atoms with Crippen LogP contribution in [0.1, 0.15) is 11.1 Å². The van der Waals surface area contributed by atoms with Crippen LogP contribution in [0, 0.1) is 13.8 Å². The number of aryl methyl sites for hydroxylation is 2. The molecule has 4 nitrogen and oxygen atoms in total. The van der Waals surface area contributed by atoms with Crippen molar-refractivity contribution in [1.29, 1.82) is 0 Å². The van der Waals surface area contributed by atoms with Gasteiger partial charge in [0.1, 0.15) is 0 Å². The van der Waals surface area contributed by atoms with Crippen molar-refractivity contribution in [3.63, 3.8) is 0 Å². The van der Waals surface area contributed by atoms with Crippen LogP contribution in [0.25, 0.3) is 0 Å². The second-order valence-corrected chi connectivity index (χ2v) is 4.19. The molecule has 0 unspecified atom stereocenters. The Labute approximate surface area is 108 Å². The minimum atomic E-state index is -0.229. The molecule has 4 heteroatoms. The van der Waals surface area contributed by atoms with Crippen LogP contribution in [0.2, 0.25) is 0 Å². The van der Waals surface area contributed by atoms with Crippen LogP contribution in [0.5, 0.6) is 0 Å². The van der Waals surface area contributed by atoms with E-state index in [0.717, 1.165) is 11.3 Å². The van der Waals surface area contributed by atoms with Crippen LogP contribution in [0.15, 0.2) is 30.9 Å². The average Bonchev–Trinajstić information content (AvgIpc) is 2.33. The highest BCUT2D eigenvalue weighted by Gasteiger charge is 2.11. The normalized spacial score (nSPS) is 9.94. The van der Waals surface area contributed by atoms with E-state index < -0.39 is 0 Å². The fraction of sp³-hybridized carbons (Fsp3) is 0.357. The zero-order valence-corrected chi connectivity index (χ0v) is 10.9. The van der Waals surface area contributed by atoms with Crippen molar-refractivity contribution in [2.75, 3.05) is 25.0 Å². The molecule has 2 amide bonds. The number of hydrogen-bond acceptors (Lipinski definition) is 2. The topological polar surface area (TPSA) is 52.6 Å². The summed E-state index contributed by atoms with van der Waals surface area (Å²) in [5, 5.41) is 11.7. The van der Waals surface area contributed by atoms with E-state index in [-0.39, 0.29) is 12.6 Å². The number of carbonyl (C=O) groups is 1. The van der Waals surface area contributed by atoms with Gasteiger partial charge in [-0.15, -0.1) is 6.58 Å². The molecule has 0 atom stereocenters. The number of nitrogens with one attached hydrogen (secondary N) is 1. The van der Waals surface area contributed by atoms with Gasteiger partial charge in [0.05, 0.1) is 6.61 Å². The number of carbonyl (C=O) groups excluding carboxylic acids is 1. The molecule has 0 aliphatic heterocycles. The molecule has 0 aliphatic rings. The lowest BCUT2D eigenvalue weighted by molar-refractivity contribution is 0.195. The molecule has 0 radical (unpaired) electrons. The Morgan fingerprint density at radius 2 is 2.17 bits per heavy atom. The molecule has 2 N–H and O–H groups in total. The fourth-order valence-electron chi connectivity index (χ4n) is 1.57. The first-order valence-corrected chi connectivity index (χ1v) is 5.93. The van der Waals surface area contributed by atoms with Crippen molar-refractivity contribution in [3.05, 3.63) is 42.0 Å². The van der Waals surface area contributed by atoms with Crippen molar-refractivity contribution >= 4 is 11.7 Å². The van der Waals surface area contributed by atoms with E-state index >= 15 is 0 Å². The number of aliphatic hydroxyl groups is 1. The lowest BCUT2D eigenvalue weighted by atomic mass is 10.1. The first kappa shape index (κ1) is 14.3. The van der Waals surface area contributed by atoms with Crippen LogP contribution in [0.3, 0.4) is 0 Å². The first-order chi connectivity index (χ1) is 8.58. The third-order valence-electron chi connectivity index (χ3n) is 2.76. The summed E-state index contributed by atoms with van der Waals surface area (Å²) in [6.45, 7) is 8.27. The number of anilines is 1. The Bertz CT molecular complexity index is 430. The molecule has 0 spiro atoms. The molecule has 18 heavy (non-hydrogen) atoms. The largest absolute Gasteiger partial charge is 0.395 e. The zero-order chi connectivity index (χ0) is 13.5. The smallest absolute Gasteiger partial charge is 0.322 e. The summed E-state index contributed by atoms with van der Waals surface area (Å²) in [5.41, 5.74) is 3.08. The molecule has 1 rings (SSSR count). The predicted octanol–water partition coefficient (Wildman–Crippen LogP) is 2.32. The van der Waals surface area contributed by atoms with Gasteiger partial charge in [-0.05, 0) is 37.1 Å². The summed E-state index contributed by atoms with van der Waals surface area (Å²) >= 11 is 0. The predicted molar refractivity (Wildman–Crippen MR) is 73.8 cm³/mol. The minimum absolute atomic E-state index is 0.0613. The summed E-state index contributed by atoms with van der Waals surface area (Å²) in [6.07, 6.45) is 1.63. The Morgan fingerprint density at radius 1 is 1.44 bits per heavy atom. The number of rotatable bonds is 5. The molecule has 98 valence electrons. The molecule has 1 aromatic rings. The van der Waals surface area contributed by atoms with Gasteiger partial charge in [-0.3, -0.25) is 0 Å². The molecule has 0 fully saturated rings. The van der Waals surface area contributed by atoms with Gasteiger partial charge in [-0.25, -0.2) is 4.79 Å². The molecule has 0 aromatic heterocycles. The van der Waals surface area contributed by atoms with E-state index in [4.69, 9.17) is 5.11 Å². The number of urea groups is 1. The quantitative estimate of drug-likeness (QED) is 0.786. The SMILES string of the molecule is C=CCN(CCO)C(=O)Nc1ccc(C)c(C)c1. The Morgan fingerprint density at radius 3 is 2.72 bits per heavy atom. The van der Waals surface area contributed by atoms with E-state index in [0.29, 0.717) is 13.1 Å². The van der Waals surface area contributed by atoms with Gasteiger partial charge in [0.2, 0.25) is 0 Å². The van der Waals surface area contributed by atoms with Crippen LogP contribution in [0.4, 0.5) is 10.5 Å². The van der Waals surface area contributed by atoms with Crippen molar-refractivity contribution in [2.24, 2.45) is 0 Å². The van der Waals surface area contributed by atoms with Crippen molar-refractivity contribution in [1.82, 2.24) is 4.90 Å². The maximum absolute atomic E-state index is 11.9. The number of benzene rings is 1. The Kier molecular flexibility index (Phi) is 5.39. The van der Waals surface area contributed by atoms with Gasteiger partial charge in [-0.2, -0.15) is 0 Å². The molecule has 0 saturated carbocycles. The highest BCUT2D eigenvalue weighted by atomic mass is 16.3. The molecule has 0 aliphatic carbocycles. The molecular weight excluding hydrogens is 228 g/mol. The Balaban J connectivity index is 2.72. The average molecular weight is 248 g/mol. The highest BCUT2D eigenvalue weighted by Crippen LogP contribution is 2.14. The van der Waals surface area contributed by atoms with Crippen molar-refractivity contribution < 1.29 is 9.90 Å². The van der Waals surface area contributed by atoms with Crippen LogP contribution < -0.4 is 5.32 Å². The Hall–Kier alpha value is -1.81. The molecule has 0 heterocycles. The van der Waals surface area contributed by atoms with Gasteiger partial charge in [0.15, 0.2) is 0 Å². The maximum Gasteiger partial charge on any atom is 0.322 e. The molecular formula is C14H20N2O2. The number of amides is 2. The molecule has 0 bridgehead atoms. The monoisotopic (exact) mass is 248 g/mol. The standard InChI is InChI=1S/C14H20N2O2/c1-4-7-16(8-9-17)14(18)15-13-6-5-11(2)12(3)10-13/h4-6,10,17H,1,7-9H2,2-3H3,(H,15,18). The second kappa shape index (κ2) is 6.81. The minimum Gasteiger partial charge on any atom is -0.395 e. The van der Waals surface area contributed by atoms with Gasteiger partial charge in [0.25, 0.3) is 0 Å². The van der Waals surface area contributed by atoms with E-state index in [1.54, 1.807) is 6.08 Å². The lowest BCUT2D eigenvalue weighted by Gasteiger charge is -2.20. The summed E-state index contributed by atoms with van der Waals surface area (Å²) in [5.74, 6) is 0. The molecule has 0 saturated heterocycles. The number of aliphatic hydroxyl groups excluding tert-OH is 1. The zero-order valence-electron chi connectivity index (χ0n) is 10.9. The summed E-state index contributed by atoms with van der Waals surface area (Å²) in [4.78, 5) is 13.4. The van der Waals surface area contributed by atoms with Gasteiger partial charge < -0.3 is 15.3 Å². The fourth-order valence-corrected chi connectivity index (χ4v) is 1.57. The van der Waals surface area contributed by atoms with Crippen LogP contribution >= 0.6 is 0 Å².